The van der Waals surface area contributed by atoms with E-state index in [1.54, 1.807) is 12.3 Å². The second kappa shape index (κ2) is 5.66. The van der Waals surface area contributed by atoms with E-state index >= 15 is 0 Å². The third-order valence-electron chi connectivity index (χ3n) is 2.40. The van der Waals surface area contributed by atoms with Gasteiger partial charge in [0.1, 0.15) is 0 Å². The summed E-state index contributed by atoms with van der Waals surface area (Å²) in [7, 11) is 0. The van der Waals surface area contributed by atoms with Crippen LogP contribution in [-0.2, 0) is 11.2 Å². The predicted molar refractivity (Wildman–Crippen MR) is 70.0 cm³/mol. The first-order valence-electron chi connectivity index (χ1n) is 5.32. The molecule has 2 atom stereocenters. The van der Waals surface area contributed by atoms with Crippen LogP contribution in [0.2, 0.25) is 0 Å². The summed E-state index contributed by atoms with van der Waals surface area (Å²) >= 11 is -1.15. The maximum absolute atomic E-state index is 12.4. The van der Waals surface area contributed by atoms with Gasteiger partial charge in [-0.15, -0.1) is 0 Å². The van der Waals surface area contributed by atoms with Crippen LogP contribution in [0.25, 0.3) is 0 Å². The fraction of sp³-hybridized carbons (Fsp3) is 0.0714. The van der Waals surface area contributed by atoms with Gasteiger partial charge in [-0.25, -0.2) is 0 Å². The van der Waals surface area contributed by atoms with Gasteiger partial charge in [-0.05, 0) is 41.5 Å². The van der Waals surface area contributed by atoms with Crippen LogP contribution in [0.4, 0.5) is 0 Å². The number of pyridine rings is 1. The van der Waals surface area contributed by atoms with E-state index in [4.69, 9.17) is 0 Å². The van der Waals surface area contributed by atoms with E-state index in [1.807, 2.05) is 48.5 Å². The highest BCUT2D eigenvalue weighted by molar-refractivity contribution is 7.91. The molecule has 0 amide bonds. The Hall–Kier alpha value is -1.58. The van der Waals surface area contributed by atoms with Gasteiger partial charge in [0.15, 0.2) is 10.1 Å². The van der Waals surface area contributed by atoms with Gasteiger partial charge in [-0.1, -0.05) is 30.8 Å². The van der Waals surface area contributed by atoms with Crippen molar-refractivity contribution in [1.29, 1.82) is 0 Å². The van der Waals surface area contributed by atoms with Gasteiger partial charge in [0.25, 0.3) is 0 Å². The molecule has 0 radical (unpaired) electrons. The Morgan fingerprint density at radius 2 is 1.82 bits per heavy atom. The fourth-order valence-electron chi connectivity index (χ4n) is 1.56. The smallest absolute Gasteiger partial charge is 0.180 e. The van der Waals surface area contributed by atoms with Crippen molar-refractivity contribution >= 4 is 11.2 Å². The van der Waals surface area contributed by atoms with Gasteiger partial charge in [0, 0.05) is 6.20 Å². The third-order valence-corrected chi connectivity index (χ3v) is 4.03. The molecule has 2 aromatic rings. The van der Waals surface area contributed by atoms with Gasteiger partial charge < -0.3 is 4.55 Å². The molecular weight excluding hydrogens is 230 g/mol. The molecule has 2 nitrogen and oxygen atoms in total. The molecule has 0 N–H and O–H groups in total. The lowest BCUT2D eigenvalue weighted by Gasteiger charge is -2.17. The van der Waals surface area contributed by atoms with Crippen LogP contribution in [0.3, 0.4) is 0 Å². The Morgan fingerprint density at radius 3 is 2.41 bits per heavy atom. The molecule has 1 aromatic carbocycles. The van der Waals surface area contributed by atoms with E-state index in [2.05, 4.69) is 11.6 Å². The molecule has 2 unspecified atom stereocenters. The molecule has 86 valence electrons. The zero-order valence-corrected chi connectivity index (χ0v) is 10.1. The highest BCUT2D eigenvalue weighted by Gasteiger charge is 2.24. The van der Waals surface area contributed by atoms with E-state index in [9.17, 15) is 4.55 Å². The summed E-state index contributed by atoms with van der Waals surface area (Å²) in [6.07, 6.45) is 3.39. The molecule has 0 saturated heterocycles. The molecule has 0 aliphatic carbocycles. The lowest BCUT2D eigenvalue weighted by molar-refractivity contribution is 0.588. The Kier molecular flexibility index (Phi) is 3.96. The maximum atomic E-state index is 12.4. The van der Waals surface area contributed by atoms with E-state index in [-0.39, 0.29) is 5.25 Å². The summed E-state index contributed by atoms with van der Waals surface area (Å²) < 4.78 is 12.4. The largest absolute Gasteiger partial charge is 0.611 e. The van der Waals surface area contributed by atoms with Crippen molar-refractivity contribution in [3.8, 4) is 0 Å². The Labute approximate surface area is 104 Å². The average molecular weight is 243 g/mol. The molecule has 0 aliphatic heterocycles. The van der Waals surface area contributed by atoms with Crippen LogP contribution in [0.15, 0.2) is 72.3 Å². The number of nitrogens with zero attached hydrogens (tertiary/aromatic N) is 1. The van der Waals surface area contributed by atoms with Crippen LogP contribution >= 0.6 is 0 Å². The summed E-state index contributed by atoms with van der Waals surface area (Å²) in [6.45, 7) is 3.75. The van der Waals surface area contributed by atoms with Crippen molar-refractivity contribution in [2.24, 2.45) is 0 Å². The SMILES string of the molecule is C=CC(c1ccccn1)[S+]([O-])c1ccccc1. The van der Waals surface area contributed by atoms with E-state index in [1.165, 1.54) is 0 Å². The van der Waals surface area contributed by atoms with E-state index in [0.29, 0.717) is 0 Å². The zero-order chi connectivity index (χ0) is 12.1. The molecule has 0 aliphatic rings. The number of aromatic nitrogens is 1. The van der Waals surface area contributed by atoms with Crippen molar-refractivity contribution < 1.29 is 4.55 Å². The average Bonchev–Trinajstić information content (AvgIpc) is 2.42. The van der Waals surface area contributed by atoms with Crippen LogP contribution in [0.5, 0.6) is 0 Å². The Morgan fingerprint density at radius 1 is 1.12 bits per heavy atom. The summed E-state index contributed by atoms with van der Waals surface area (Å²) in [5.74, 6) is 0. The van der Waals surface area contributed by atoms with Crippen molar-refractivity contribution in [2.75, 3.05) is 0 Å². The van der Waals surface area contributed by atoms with Crippen molar-refractivity contribution in [2.45, 2.75) is 10.1 Å². The van der Waals surface area contributed by atoms with Crippen molar-refractivity contribution in [3.05, 3.63) is 73.1 Å². The lowest BCUT2D eigenvalue weighted by atomic mass is 10.3. The Bertz CT molecular complexity index is 472. The number of hydrogen-bond donors (Lipinski definition) is 0. The zero-order valence-electron chi connectivity index (χ0n) is 9.32. The maximum Gasteiger partial charge on any atom is 0.180 e. The molecule has 0 saturated carbocycles. The summed E-state index contributed by atoms with van der Waals surface area (Å²) in [4.78, 5) is 5.03. The minimum Gasteiger partial charge on any atom is -0.611 e. The predicted octanol–water partition coefficient (Wildman–Crippen LogP) is 3.12. The van der Waals surface area contributed by atoms with Gasteiger partial charge in [0.05, 0.1) is 5.69 Å². The molecule has 17 heavy (non-hydrogen) atoms. The molecular formula is C14H13NOS. The minimum absolute atomic E-state index is 0.265. The van der Waals surface area contributed by atoms with Crippen LogP contribution in [-0.4, -0.2) is 9.54 Å². The quantitative estimate of drug-likeness (QED) is 0.611. The molecule has 0 fully saturated rings. The highest BCUT2D eigenvalue weighted by atomic mass is 32.2. The van der Waals surface area contributed by atoms with Crippen LogP contribution < -0.4 is 0 Å². The Balaban J connectivity index is 2.28. The summed E-state index contributed by atoms with van der Waals surface area (Å²) in [5, 5.41) is -0.265. The minimum atomic E-state index is -1.15. The first kappa shape index (κ1) is 11.9. The highest BCUT2D eigenvalue weighted by Crippen LogP contribution is 2.28. The first-order chi connectivity index (χ1) is 8.33. The fourth-order valence-corrected chi connectivity index (χ4v) is 2.82. The van der Waals surface area contributed by atoms with E-state index < -0.39 is 11.2 Å². The normalized spacial score (nSPS) is 13.9. The monoisotopic (exact) mass is 243 g/mol. The van der Waals surface area contributed by atoms with Gasteiger partial charge in [0.2, 0.25) is 0 Å². The van der Waals surface area contributed by atoms with E-state index in [0.717, 1.165) is 10.6 Å². The van der Waals surface area contributed by atoms with Crippen molar-refractivity contribution in [3.63, 3.8) is 0 Å². The number of hydrogen-bond acceptors (Lipinski definition) is 2. The van der Waals surface area contributed by atoms with Crippen LogP contribution in [0.1, 0.15) is 10.9 Å². The first-order valence-corrected chi connectivity index (χ1v) is 6.53. The second-order valence-corrected chi connectivity index (χ2v) is 5.10. The lowest BCUT2D eigenvalue weighted by Crippen LogP contribution is -2.12. The molecule has 2 rings (SSSR count). The molecule has 0 spiro atoms. The third kappa shape index (κ3) is 2.75. The molecule has 3 heteroatoms. The molecule has 1 heterocycles. The summed E-state index contributed by atoms with van der Waals surface area (Å²) in [5.41, 5.74) is 0.782. The molecule has 0 bridgehead atoms. The molecule has 1 aromatic heterocycles. The van der Waals surface area contributed by atoms with Gasteiger partial charge in [-0.2, -0.15) is 0 Å². The summed E-state index contributed by atoms with van der Waals surface area (Å²) in [6, 6.07) is 15.0. The van der Waals surface area contributed by atoms with Crippen LogP contribution in [0, 0.1) is 0 Å². The standard InChI is InChI=1S/C14H13NOS/c1-2-14(13-10-6-7-11-15-13)17(16)12-8-4-3-5-9-12/h2-11,14H,1H2. The second-order valence-electron chi connectivity index (χ2n) is 3.52. The number of benzene rings is 1. The topological polar surface area (TPSA) is 36.0 Å². The van der Waals surface area contributed by atoms with Gasteiger partial charge in [-0.3, -0.25) is 4.98 Å². The number of rotatable bonds is 4. The van der Waals surface area contributed by atoms with Crippen molar-refractivity contribution in [1.82, 2.24) is 4.98 Å². The van der Waals surface area contributed by atoms with Gasteiger partial charge >= 0.3 is 0 Å².